The zero-order valence-electron chi connectivity index (χ0n) is 10.1. The van der Waals surface area contributed by atoms with Crippen LogP contribution in [-0.2, 0) is 0 Å². The molecule has 1 aromatic heterocycles. The van der Waals surface area contributed by atoms with E-state index >= 15 is 0 Å². The van der Waals surface area contributed by atoms with Crippen molar-refractivity contribution in [3.63, 3.8) is 0 Å². The van der Waals surface area contributed by atoms with Gasteiger partial charge in [-0.25, -0.2) is 0 Å². The van der Waals surface area contributed by atoms with E-state index in [1.807, 2.05) is 44.2 Å². The molecule has 2 unspecified atom stereocenters. The molecule has 3 nitrogen and oxygen atoms in total. The average molecular weight is 228 g/mol. The van der Waals surface area contributed by atoms with Gasteiger partial charge in [0.05, 0.1) is 5.52 Å². The molecule has 0 aliphatic carbocycles. The monoisotopic (exact) mass is 228 g/mol. The van der Waals surface area contributed by atoms with Crippen molar-refractivity contribution < 1.29 is 4.79 Å². The van der Waals surface area contributed by atoms with Crippen LogP contribution in [0.25, 0.3) is 10.9 Å². The zero-order valence-corrected chi connectivity index (χ0v) is 10.1. The lowest BCUT2D eigenvalue weighted by Crippen LogP contribution is -2.30. The van der Waals surface area contributed by atoms with Crippen LogP contribution in [0.4, 0.5) is 0 Å². The van der Waals surface area contributed by atoms with Gasteiger partial charge in [-0.1, -0.05) is 25.1 Å². The Morgan fingerprint density at radius 1 is 1.29 bits per heavy atom. The molecule has 0 fully saturated rings. The second kappa shape index (κ2) is 4.63. The number of hydrogen-bond donors (Lipinski definition) is 1. The van der Waals surface area contributed by atoms with Gasteiger partial charge in [0.1, 0.15) is 0 Å². The summed E-state index contributed by atoms with van der Waals surface area (Å²) >= 11 is 0. The third-order valence-electron chi connectivity index (χ3n) is 3.09. The van der Waals surface area contributed by atoms with E-state index in [0.717, 1.165) is 10.9 Å². The Labute approximate surface area is 101 Å². The first-order valence-electron chi connectivity index (χ1n) is 5.74. The number of fused-ring (bicyclic) bond motifs is 1. The van der Waals surface area contributed by atoms with Gasteiger partial charge < -0.3 is 5.73 Å². The highest BCUT2D eigenvalue weighted by molar-refractivity contribution is 6.00. The molecule has 0 radical (unpaired) electrons. The van der Waals surface area contributed by atoms with Crippen LogP contribution >= 0.6 is 0 Å². The van der Waals surface area contributed by atoms with Crippen LogP contribution in [0.1, 0.15) is 24.2 Å². The minimum Gasteiger partial charge on any atom is -0.327 e. The highest BCUT2D eigenvalue weighted by Gasteiger charge is 2.18. The van der Waals surface area contributed by atoms with E-state index in [9.17, 15) is 4.79 Å². The molecule has 0 bridgehead atoms. The number of nitrogens with zero attached hydrogens (tertiary/aromatic N) is 1. The summed E-state index contributed by atoms with van der Waals surface area (Å²) in [4.78, 5) is 16.4. The Kier molecular flexibility index (Phi) is 3.20. The van der Waals surface area contributed by atoms with Gasteiger partial charge in [0, 0.05) is 29.1 Å². The van der Waals surface area contributed by atoms with Crippen LogP contribution in [0.15, 0.2) is 36.5 Å². The third-order valence-corrected chi connectivity index (χ3v) is 3.09. The molecule has 2 N–H and O–H groups in total. The number of hydrogen-bond acceptors (Lipinski definition) is 3. The van der Waals surface area contributed by atoms with E-state index in [1.165, 1.54) is 0 Å². The number of nitrogens with two attached hydrogens (primary N) is 1. The first kappa shape index (κ1) is 11.7. The fraction of sp³-hybridized carbons (Fsp3) is 0.286. The predicted octanol–water partition coefficient (Wildman–Crippen LogP) is 2.40. The quantitative estimate of drug-likeness (QED) is 0.821. The van der Waals surface area contributed by atoms with E-state index in [0.29, 0.717) is 5.56 Å². The number of carbonyl (C=O) groups is 1. The van der Waals surface area contributed by atoms with Gasteiger partial charge in [-0.3, -0.25) is 9.78 Å². The maximum absolute atomic E-state index is 12.1. The number of pyridine rings is 1. The van der Waals surface area contributed by atoms with E-state index in [-0.39, 0.29) is 17.7 Å². The molecule has 0 spiro atoms. The Morgan fingerprint density at radius 3 is 2.76 bits per heavy atom. The highest BCUT2D eigenvalue weighted by atomic mass is 16.1. The fourth-order valence-corrected chi connectivity index (χ4v) is 1.72. The SMILES string of the molecule is CC(N)C(C)C(=O)c1ccc2cccnc2c1. The number of rotatable bonds is 3. The third kappa shape index (κ3) is 2.34. The van der Waals surface area contributed by atoms with Crippen LogP contribution in [0.5, 0.6) is 0 Å². The molecule has 1 aromatic carbocycles. The summed E-state index contributed by atoms with van der Waals surface area (Å²) in [6.07, 6.45) is 1.73. The summed E-state index contributed by atoms with van der Waals surface area (Å²) in [7, 11) is 0. The smallest absolute Gasteiger partial charge is 0.167 e. The van der Waals surface area contributed by atoms with Gasteiger partial charge in [0.25, 0.3) is 0 Å². The molecule has 2 aromatic rings. The lowest BCUT2D eigenvalue weighted by molar-refractivity contribution is 0.0917. The summed E-state index contributed by atoms with van der Waals surface area (Å²) in [5, 5.41) is 1.04. The normalized spacial score (nSPS) is 14.5. The van der Waals surface area contributed by atoms with E-state index < -0.39 is 0 Å². The van der Waals surface area contributed by atoms with Crippen LogP contribution in [0.3, 0.4) is 0 Å². The fourth-order valence-electron chi connectivity index (χ4n) is 1.72. The molecule has 0 amide bonds. The van der Waals surface area contributed by atoms with Gasteiger partial charge in [-0.2, -0.15) is 0 Å². The molecule has 2 atom stereocenters. The largest absolute Gasteiger partial charge is 0.327 e. The number of aromatic nitrogens is 1. The number of carbonyl (C=O) groups excluding carboxylic acids is 1. The first-order chi connectivity index (χ1) is 8.09. The topological polar surface area (TPSA) is 56.0 Å². The Bertz CT molecular complexity index is 549. The Morgan fingerprint density at radius 2 is 2.06 bits per heavy atom. The van der Waals surface area contributed by atoms with Gasteiger partial charge in [0.2, 0.25) is 0 Å². The second-order valence-corrected chi connectivity index (χ2v) is 4.42. The van der Waals surface area contributed by atoms with Crippen LogP contribution in [0.2, 0.25) is 0 Å². The molecule has 0 aliphatic heterocycles. The van der Waals surface area contributed by atoms with Crippen molar-refractivity contribution in [2.75, 3.05) is 0 Å². The zero-order chi connectivity index (χ0) is 12.4. The van der Waals surface area contributed by atoms with Crippen LogP contribution in [-0.4, -0.2) is 16.8 Å². The minimum absolute atomic E-state index is 0.0764. The average Bonchev–Trinajstić information content (AvgIpc) is 2.36. The van der Waals surface area contributed by atoms with Crippen LogP contribution in [0, 0.1) is 5.92 Å². The molecule has 3 heteroatoms. The maximum Gasteiger partial charge on any atom is 0.167 e. The molecule has 0 saturated carbocycles. The van der Waals surface area contributed by atoms with Crippen molar-refractivity contribution in [2.24, 2.45) is 11.7 Å². The lowest BCUT2D eigenvalue weighted by atomic mass is 9.93. The molecule has 0 saturated heterocycles. The van der Waals surface area contributed by atoms with Crippen LogP contribution < -0.4 is 5.73 Å². The van der Waals surface area contributed by atoms with Crippen molar-refractivity contribution in [1.82, 2.24) is 4.98 Å². The maximum atomic E-state index is 12.1. The molecular formula is C14H16N2O. The molecule has 2 rings (SSSR count). The molecule has 17 heavy (non-hydrogen) atoms. The second-order valence-electron chi connectivity index (χ2n) is 4.42. The van der Waals surface area contributed by atoms with Crippen molar-refractivity contribution in [3.05, 3.63) is 42.1 Å². The van der Waals surface area contributed by atoms with E-state index in [2.05, 4.69) is 4.98 Å². The summed E-state index contributed by atoms with van der Waals surface area (Å²) in [6.45, 7) is 3.71. The Balaban J connectivity index is 2.40. The minimum atomic E-state index is -0.170. The summed E-state index contributed by atoms with van der Waals surface area (Å²) in [5.41, 5.74) is 7.27. The summed E-state index contributed by atoms with van der Waals surface area (Å²) in [5.74, 6) is -0.0938. The van der Waals surface area contributed by atoms with Crippen molar-refractivity contribution in [3.8, 4) is 0 Å². The Hall–Kier alpha value is -1.74. The molecule has 1 heterocycles. The standard InChI is InChI=1S/C14H16N2O/c1-9(10(2)15)14(17)12-6-5-11-4-3-7-16-13(11)8-12/h3-10H,15H2,1-2H3. The van der Waals surface area contributed by atoms with Crippen molar-refractivity contribution >= 4 is 16.7 Å². The molecular weight excluding hydrogens is 212 g/mol. The van der Waals surface area contributed by atoms with Gasteiger partial charge in [-0.15, -0.1) is 0 Å². The van der Waals surface area contributed by atoms with Gasteiger partial charge >= 0.3 is 0 Å². The molecule has 88 valence electrons. The highest BCUT2D eigenvalue weighted by Crippen LogP contribution is 2.17. The van der Waals surface area contributed by atoms with E-state index in [1.54, 1.807) is 6.20 Å². The molecule has 0 aliphatic rings. The van der Waals surface area contributed by atoms with Gasteiger partial charge in [0.15, 0.2) is 5.78 Å². The lowest BCUT2D eigenvalue weighted by Gasteiger charge is -2.14. The summed E-state index contributed by atoms with van der Waals surface area (Å²) in [6, 6.07) is 9.31. The van der Waals surface area contributed by atoms with Gasteiger partial charge in [-0.05, 0) is 19.1 Å². The van der Waals surface area contributed by atoms with E-state index in [4.69, 9.17) is 5.73 Å². The van der Waals surface area contributed by atoms with Crippen molar-refractivity contribution in [1.29, 1.82) is 0 Å². The van der Waals surface area contributed by atoms with Crippen molar-refractivity contribution in [2.45, 2.75) is 19.9 Å². The predicted molar refractivity (Wildman–Crippen MR) is 68.9 cm³/mol. The summed E-state index contributed by atoms with van der Waals surface area (Å²) < 4.78 is 0. The number of benzene rings is 1. The number of ketones is 1. The number of Topliss-reactive ketones (excluding diaryl/α,β-unsaturated/α-hetero) is 1. The first-order valence-corrected chi connectivity index (χ1v) is 5.74.